The monoisotopic (exact) mass is 654 g/mol. The number of fused-ring (bicyclic) bond motifs is 4. The number of ether oxygens (including phenoxy) is 3. The zero-order valence-corrected chi connectivity index (χ0v) is 28.3. The molecule has 5 rings (SSSR count). The fourth-order valence-electron chi connectivity index (χ4n) is 6.46. The summed E-state index contributed by atoms with van der Waals surface area (Å²) in [5.41, 5.74) is 4.59. The summed E-state index contributed by atoms with van der Waals surface area (Å²) in [6.45, 7) is 7.31. The molecule has 252 valence electrons. The quantitative estimate of drug-likeness (QED) is 0.176. The molecule has 0 spiro atoms. The zero-order chi connectivity index (χ0) is 34.7. The number of aryl methyl sites for hydroxylation is 2. The van der Waals surface area contributed by atoms with Crippen molar-refractivity contribution in [3.63, 3.8) is 0 Å². The number of benzene rings is 2. The molecule has 48 heavy (non-hydrogen) atoms. The van der Waals surface area contributed by atoms with Crippen LogP contribution in [-0.2, 0) is 16.0 Å². The van der Waals surface area contributed by atoms with Crippen molar-refractivity contribution >= 4 is 34.1 Å². The number of hydrogen-bond donors (Lipinski definition) is 4. The van der Waals surface area contributed by atoms with E-state index in [0.29, 0.717) is 58.8 Å². The van der Waals surface area contributed by atoms with Crippen molar-refractivity contribution in [3.05, 3.63) is 85.8 Å². The lowest BCUT2D eigenvalue weighted by atomic mass is 9.95. The van der Waals surface area contributed by atoms with Crippen molar-refractivity contribution in [2.75, 3.05) is 32.0 Å². The van der Waals surface area contributed by atoms with Gasteiger partial charge >= 0.3 is 0 Å². The van der Waals surface area contributed by atoms with Crippen molar-refractivity contribution in [1.82, 2.24) is 10.3 Å². The van der Waals surface area contributed by atoms with Crippen LogP contribution in [0, 0.1) is 12.8 Å². The second kappa shape index (κ2) is 14.2. The molecule has 1 aliphatic carbocycles. The van der Waals surface area contributed by atoms with Crippen molar-refractivity contribution in [2.24, 2.45) is 5.92 Å². The normalized spacial score (nSPS) is 14.3. The van der Waals surface area contributed by atoms with E-state index in [1.54, 1.807) is 32.4 Å². The Labute approximate surface area is 279 Å². The molecular formula is C37H42N4O7. The molecule has 11 heteroatoms. The number of anilines is 2. The van der Waals surface area contributed by atoms with E-state index in [9.17, 15) is 19.2 Å². The molecule has 0 aliphatic heterocycles. The van der Waals surface area contributed by atoms with Crippen LogP contribution < -0.4 is 41.1 Å². The summed E-state index contributed by atoms with van der Waals surface area (Å²) < 4.78 is 17.2. The average molecular weight is 655 g/mol. The first-order chi connectivity index (χ1) is 22.9. The Morgan fingerprint density at radius 1 is 0.958 bits per heavy atom. The van der Waals surface area contributed by atoms with Gasteiger partial charge in [-0.1, -0.05) is 26.0 Å². The first-order valence-electron chi connectivity index (χ1n) is 15.9. The standard InChI is InChI=1S/C37H42N4O7/c1-19(2)14-30(37(45)39-23-9-10-24-20(3)15-33(44)41-29(24)17-23)40-28-13-11-25-26(18-31(28)43)27(38-21(4)42)12-8-22-16-32(46-5)35(47-6)36(48-7)34(22)25/h9-11,13,15-19,27,30H,8,12,14H2,1-7H3,(H,38,42)(H,39,45)(H,40,43)(H,41,44)/t27-,30-/m1/s1. The van der Waals surface area contributed by atoms with E-state index in [1.165, 1.54) is 26.2 Å². The molecule has 1 aliphatic rings. The smallest absolute Gasteiger partial charge is 0.248 e. The van der Waals surface area contributed by atoms with Crippen LogP contribution in [0.5, 0.6) is 17.2 Å². The van der Waals surface area contributed by atoms with Crippen molar-refractivity contribution in [1.29, 1.82) is 0 Å². The number of aromatic nitrogens is 1. The maximum Gasteiger partial charge on any atom is 0.248 e. The topological polar surface area (TPSA) is 148 Å². The van der Waals surface area contributed by atoms with E-state index < -0.39 is 12.1 Å². The molecule has 0 saturated heterocycles. The van der Waals surface area contributed by atoms with Crippen molar-refractivity contribution in [2.45, 2.75) is 59.0 Å². The number of rotatable bonds is 10. The zero-order valence-electron chi connectivity index (χ0n) is 28.3. The van der Waals surface area contributed by atoms with E-state index in [0.717, 1.165) is 22.1 Å². The molecule has 4 aromatic rings. The van der Waals surface area contributed by atoms with Crippen LogP contribution in [0.4, 0.5) is 11.4 Å². The maximum atomic E-state index is 13.9. The van der Waals surface area contributed by atoms with Crippen LogP contribution >= 0.6 is 0 Å². The fourth-order valence-corrected chi connectivity index (χ4v) is 6.46. The molecule has 2 atom stereocenters. The SMILES string of the molecule is COc1cc2c(c(OC)c1OC)-c1ccc(N[C@H](CC(C)C)C(=O)Nc3ccc4c(C)cc(=O)[nH]c4c3)c(=O)cc1[C@H](NC(C)=O)CC2. The minimum Gasteiger partial charge on any atom is -0.493 e. The summed E-state index contributed by atoms with van der Waals surface area (Å²) in [5, 5.41) is 10.1. The molecule has 4 N–H and O–H groups in total. The number of nitrogens with one attached hydrogen (secondary N) is 4. The van der Waals surface area contributed by atoms with Gasteiger partial charge in [-0.2, -0.15) is 0 Å². The van der Waals surface area contributed by atoms with E-state index in [2.05, 4.69) is 20.9 Å². The number of methoxy groups -OCH3 is 3. The fraction of sp³-hybridized carbons (Fsp3) is 0.351. The minimum atomic E-state index is -0.760. The van der Waals surface area contributed by atoms with Gasteiger partial charge in [0, 0.05) is 29.6 Å². The highest BCUT2D eigenvalue weighted by Gasteiger charge is 2.30. The summed E-state index contributed by atoms with van der Waals surface area (Å²) in [6.07, 6.45) is 1.54. The highest BCUT2D eigenvalue weighted by atomic mass is 16.5. The van der Waals surface area contributed by atoms with Gasteiger partial charge in [-0.15, -0.1) is 0 Å². The number of hydrogen-bond acceptors (Lipinski definition) is 8. The van der Waals surface area contributed by atoms with Gasteiger partial charge in [-0.3, -0.25) is 19.2 Å². The Hall–Kier alpha value is -5.32. The molecule has 0 bridgehead atoms. The lowest BCUT2D eigenvalue weighted by Gasteiger charge is -2.21. The summed E-state index contributed by atoms with van der Waals surface area (Å²) in [4.78, 5) is 54.8. The second-order valence-electron chi connectivity index (χ2n) is 12.5. The lowest BCUT2D eigenvalue weighted by Crippen LogP contribution is -2.37. The van der Waals surface area contributed by atoms with Crippen LogP contribution in [0.15, 0.2) is 58.1 Å². The number of amides is 2. The summed E-state index contributed by atoms with van der Waals surface area (Å²) >= 11 is 0. The lowest BCUT2D eigenvalue weighted by molar-refractivity contribution is -0.120. The summed E-state index contributed by atoms with van der Waals surface area (Å²) in [7, 11) is 4.64. The first kappa shape index (κ1) is 34.0. The average Bonchev–Trinajstić information content (AvgIpc) is 3.27. The number of aromatic amines is 1. The Bertz CT molecular complexity index is 2000. The van der Waals surface area contributed by atoms with Crippen LogP contribution in [-0.4, -0.2) is 44.2 Å². The molecular weight excluding hydrogens is 612 g/mol. The molecule has 1 aromatic heterocycles. The van der Waals surface area contributed by atoms with Crippen molar-refractivity contribution in [3.8, 4) is 28.4 Å². The third-order valence-corrected chi connectivity index (χ3v) is 8.59. The van der Waals surface area contributed by atoms with E-state index in [1.807, 2.05) is 39.0 Å². The molecule has 0 radical (unpaired) electrons. The number of carbonyl (C=O) groups excluding carboxylic acids is 2. The number of H-pyrrole nitrogens is 1. The molecule has 11 nitrogen and oxygen atoms in total. The van der Waals surface area contributed by atoms with Gasteiger partial charge in [0.1, 0.15) is 6.04 Å². The molecule has 0 unspecified atom stereocenters. The van der Waals surface area contributed by atoms with Crippen LogP contribution in [0.3, 0.4) is 0 Å². The molecule has 2 amide bonds. The Kier molecular flexibility index (Phi) is 10.1. The molecule has 1 heterocycles. The van der Waals surface area contributed by atoms with E-state index in [4.69, 9.17) is 14.2 Å². The van der Waals surface area contributed by atoms with Gasteiger partial charge in [0.05, 0.1) is 38.6 Å². The Morgan fingerprint density at radius 2 is 1.71 bits per heavy atom. The maximum absolute atomic E-state index is 13.9. The van der Waals surface area contributed by atoms with Crippen LogP contribution in [0.1, 0.15) is 56.3 Å². The number of pyridine rings is 1. The third kappa shape index (κ3) is 7.00. The molecule has 0 fully saturated rings. The van der Waals surface area contributed by atoms with Gasteiger partial charge in [-0.05, 0) is 84.7 Å². The van der Waals surface area contributed by atoms with E-state index >= 15 is 0 Å². The third-order valence-electron chi connectivity index (χ3n) is 8.59. The van der Waals surface area contributed by atoms with Crippen LogP contribution in [0.25, 0.3) is 22.0 Å². The highest BCUT2D eigenvalue weighted by molar-refractivity contribution is 5.98. The van der Waals surface area contributed by atoms with Crippen molar-refractivity contribution < 1.29 is 23.8 Å². The van der Waals surface area contributed by atoms with E-state index in [-0.39, 0.29) is 34.4 Å². The molecule has 3 aromatic carbocycles. The van der Waals surface area contributed by atoms with Crippen LogP contribution in [0.2, 0.25) is 0 Å². The Morgan fingerprint density at radius 3 is 2.38 bits per heavy atom. The largest absolute Gasteiger partial charge is 0.493 e. The second-order valence-corrected chi connectivity index (χ2v) is 12.5. The predicted octanol–water partition coefficient (Wildman–Crippen LogP) is 5.48. The van der Waals surface area contributed by atoms with Gasteiger partial charge in [0.25, 0.3) is 0 Å². The molecule has 0 saturated carbocycles. The first-order valence-corrected chi connectivity index (χ1v) is 15.9. The van der Waals surface area contributed by atoms with Gasteiger partial charge in [0.2, 0.25) is 28.6 Å². The summed E-state index contributed by atoms with van der Waals surface area (Å²) in [5.74, 6) is 0.944. The highest BCUT2D eigenvalue weighted by Crippen LogP contribution is 2.50. The van der Waals surface area contributed by atoms with Gasteiger partial charge < -0.3 is 35.1 Å². The number of carbonyl (C=O) groups is 2. The van der Waals surface area contributed by atoms with Gasteiger partial charge in [-0.25, -0.2) is 0 Å². The summed E-state index contributed by atoms with van der Waals surface area (Å²) in [6, 6.07) is 12.6. The predicted molar refractivity (Wildman–Crippen MR) is 187 cm³/mol. The minimum absolute atomic E-state index is 0.121. The Balaban J connectivity index is 1.58. The van der Waals surface area contributed by atoms with Gasteiger partial charge in [0.15, 0.2) is 11.5 Å².